The van der Waals surface area contributed by atoms with Crippen LogP contribution in [0.25, 0.3) is 0 Å². The van der Waals surface area contributed by atoms with Gasteiger partial charge in [-0.25, -0.2) is 4.79 Å². The summed E-state index contributed by atoms with van der Waals surface area (Å²) >= 11 is 0. The van der Waals surface area contributed by atoms with Crippen LogP contribution in [0.15, 0.2) is 48.5 Å². The first-order chi connectivity index (χ1) is 12.1. The summed E-state index contributed by atoms with van der Waals surface area (Å²) in [6.45, 7) is 1.24. The second kappa shape index (κ2) is 9.57. The van der Waals surface area contributed by atoms with E-state index in [1.165, 1.54) is 5.56 Å². The van der Waals surface area contributed by atoms with Gasteiger partial charge in [-0.2, -0.15) is 0 Å². The average Bonchev–Trinajstić information content (AvgIpc) is 2.66. The summed E-state index contributed by atoms with van der Waals surface area (Å²) in [5.41, 5.74) is 2.26. The number of likely N-dealkylation sites (N-methyl/N-ethyl adjacent to an activating group) is 1. The average molecular weight is 342 g/mol. The van der Waals surface area contributed by atoms with Crippen LogP contribution in [0, 0.1) is 0 Å². The number of carbonyl (C=O) groups excluding carboxylic acids is 1. The zero-order valence-electron chi connectivity index (χ0n) is 15.1. The molecule has 1 N–H and O–H groups in total. The summed E-state index contributed by atoms with van der Waals surface area (Å²) in [6.07, 6.45) is 1.54. The highest BCUT2D eigenvalue weighted by molar-refractivity contribution is 5.73. The normalized spacial score (nSPS) is 10.2. The van der Waals surface area contributed by atoms with E-state index in [2.05, 4.69) is 5.32 Å². The molecule has 2 aromatic rings. The lowest BCUT2D eigenvalue weighted by atomic mass is 10.1. The highest BCUT2D eigenvalue weighted by Gasteiger charge is 2.09. The predicted molar refractivity (Wildman–Crippen MR) is 99.4 cm³/mol. The van der Waals surface area contributed by atoms with Crippen molar-refractivity contribution in [2.45, 2.75) is 12.8 Å². The largest absolute Gasteiger partial charge is 0.497 e. The molecule has 2 rings (SSSR count). The molecule has 2 amide bonds. The van der Waals surface area contributed by atoms with E-state index < -0.39 is 0 Å². The molecule has 0 unspecified atom stereocenters. The topological polar surface area (TPSA) is 50.8 Å². The smallest absolute Gasteiger partial charge is 0.317 e. The van der Waals surface area contributed by atoms with E-state index in [4.69, 9.17) is 9.47 Å². The molecule has 0 heterocycles. The lowest BCUT2D eigenvalue weighted by molar-refractivity contribution is 0.209. The number of nitrogens with one attached hydrogen (secondary N) is 1. The van der Waals surface area contributed by atoms with Crippen molar-refractivity contribution < 1.29 is 14.3 Å². The van der Waals surface area contributed by atoms with Crippen molar-refractivity contribution >= 4 is 6.03 Å². The molecule has 0 aliphatic heterocycles. The molecule has 0 fully saturated rings. The summed E-state index contributed by atoms with van der Waals surface area (Å²) in [4.78, 5) is 13.9. The molecule has 0 atom stereocenters. The SMILES string of the molecule is COc1ccc(CCN(C)C(=O)NCCc2ccccc2OC)cc1. The zero-order valence-corrected chi connectivity index (χ0v) is 15.1. The first-order valence-electron chi connectivity index (χ1n) is 8.38. The molecular formula is C20H26N2O3. The van der Waals surface area contributed by atoms with Crippen molar-refractivity contribution in [2.24, 2.45) is 0 Å². The van der Waals surface area contributed by atoms with Gasteiger partial charge in [0.2, 0.25) is 0 Å². The van der Waals surface area contributed by atoms with Crippen LogP contribution in [-0.4, -0.2) is 45.3 Å². The fourth-order valence-electron chi connectivity index (χ4n) is 2.54. The van der Waals surface area contributed by atoms with Gasteiger partial charge in [0.25, 0.3) is 0 Å². The van der Waals surface area contributed by atoms with Gasteiger partial charge in [0, 0.05) is 20.1 Å². The Morgan fingerprint density at radius 2 is 1.72 bits per heavy atom. The fraction of sp³-hybridized carbons (Fsp3) is 0.350. The number of rotatable bonds is 8. The summed E-state index contributed by atoms with van der Waals surface area (Å²) in [7, 11) is 5.12. The molecule has 0 aliphatic rings. The molecule has 5 heteroatoms. The van der Waals surface area contributed by atoms with Crippen LogP contribution >= 0.6 is 0 Å². The molecule has 0 aromatic heterocycles. The van der Waals surface area contributed by atoms with Gasteiger partial charge >= 0.3 is 6.03 Å². The number of ether oxygens (including phenoxy) is 2. The molecule has 0 aliphatic carbocycles. The van der Waals surface area contributed by atoms with Crippen LogP contribution < -0.4 is 14.8 Å². The van der Waals surface area contributed by atoms with E-state index in [1.807, 2.05) is 55.6 Å². The summed E-state index contributed by atoms with van der Waals surface area (Å²) in [5, 5.41) is 2.95. The van der Waals surface area contributed by atoms with Crippen molar-refractivity contribution in [3.05, 3.63) is 59.7 Å². The first kappa shape index (κ1) is 18.6. The molecule has 0 radical (unpaired) electrons. The van der Waals surface area contributed by atoms with E-state index in [0.29, 0.717) is 13.1 Å². The Labute approximate surface area is 149 Å². The lowest BCUT2D eigenvalue weighted by Crippen LogP contribution is -2.39. The van der Waals surface area contributed by atoms with Crippen LogP contribution in [0.4, 0.5) is 4.79 Å². The maximum Gasteiger partial charge on any atom is 0.317 e. The minimum atomic E-state index is -0.0663. The Kier molecular flexibility index (Phi) is 7.14. The van der Waals surface area contributed by atoms with E-state index in [1.54, 1.807) is 19.1 Å². The van der Waals surface area contributed by atoms with Crippen molar-refractivity contribution in [2.75, 3.05) is 34.4 Å². The van der Waals surface area contributed by atoms with E-state index in [9.17, 15) is 4.79 Å². The number of methoxy groups -OCH3 is 2. The van der Waals surface area contributed by atoms with Crippen LogP contribution in [0.5, 0.6) is 11.5 Å². The molecule has 2 aromatic carbocycles. The minimum absolute atomic E-state index is 0.0663. The third kappa shape index (κ3) is 5.71. The van der Waals surface area contributed by atoms with Gasteiger partial charge in [-0.15, -0.1) is 0 Å². The van der Waals surface area contributed by atoms with Gasteiger partial charge in [0.15, 0.2) is 0 Å². The molecule has 5 nitrogen and oxygen atoms in total. The summed E-state index contributed by atoms with van der Waals surface area (Å²) in [6, 6.07) is 15.7. The lowest BCUT2D eigenvalue weighted by Gasteiger charge is -2.18. The quantitative estimate of drug-likeness (QED) is 0.802. The number of urea groups is 1. The van der Waals surface area contributed by atoms with Gasteiger partial charge in [0.05, 0.1) is 14.2 Å². The van der Waals surface area contributed by atoms with Crippen molar-refractivity contribution in [3.8, 4) is 11.5 Å². The third-order valence-electron chi connectivity index (χ3n) is 4.10. The predicted octanol–water partition coefficient (Wildman–Crippen LogP) is 3.13. The number of benzene rings is 2. The highest BCUT2D eigenvalue weighted by Crippen LogP contribution is 2.17. The van der Waals surface area contributed by atoms with Gasteiger partial charge in [-0.05, 0) is 42.2 Å². The number of carbonyl (C=O) groups is 1. The minimum Gasteiger partial charge on any atom is -0.497 e. The number of para-hydroxylation sites is 1. The van der Waals surface area contributed by atoms with Gasteiger partial charge in [-0.3, -0.25) is 0 Å². The number of amides is 2. The second-order valence-corrected chi connectivity index (χ2v) is 5.81. The Morgan fingerprint density at radius 1 is 1.00 bits per heavy atom. The number of nitrogens with zero attached hydrogens (tertiary/aromatic N) is 1. The Morgan fingerprint density at radius 3 is 2.40 bits per heavy atom. The van der Waals surface area contributed by atoms with Gasteiger partial charge in [-0.1, -0.05) is 30.3 Å². The van der Waals surface area contributed by atoms with Crippen molar-refractivity contribution in [3.63, 3.8) is 0 Å². The van der Waals surface area contributed by atoms with Crippen molar-refractivity contribution in [1.82, 2.24) is 10.2 Å². The first-order valence-corrected chi connectivity index (χ1v) is 8.38. The zero-order chi connectivity index (χ0) is 18.1. The van der Waals surface area contributed by atoms with E-state index >= 15 is 0 Å². The third-order valence-corrected chi connectivity index (χ3v) is 4.10. The number of hydrogen-bond donors (Lipinski definition) is 1. The van der Waals surface area contributed by atoms with Gasteiger partial charge < -0.3 is 19.7 Å². The Hall–Kier alpha value is -2.69. The summed E-state index contributed by atoms with van der Waals surface area (Å²) < 4.78 is 10.5. The van der Waals surface area contributed by atoms with Crippen LogP contribution in [0.2, 0.25) is 0 Å². The van der Waals surface area contributed by atoms with Crippen LogP contribution in [0.3, 0.4) is 0 Å². The highest BCUT2D eigenvalue weighted by atomic mass is 16.5. The fourth-order valence-corrected chi connectivity index (χ4v) is 2.54. The molecule has 0 saturated carbocycles. The Bertz CT molecular complexity index is 671. The van der Waals surface area contributed by atoms with Gasteiger partial charge in [0.1, 0.15) is 11.5 Å². The van der Waals surface area contributed by atoms with Crippen LogP contribution in [-0.2, 0) is 12.8 Å². The molecule has 0 spiro atoms. The molecule has 25 heavy (non-hydrogen) atoms. The molecule has 0 bridgehead atoms. The molecular weight excluding hydrogens is 316 g/mol. The standard InChI is InChI=1S/C20H26N2O3/c1-22(15-13-16-8-10-18(24-2)11-9-16)20(23)21-14-12-17-6-4-5-7-19(17)25-3/h4-11H,12-15H2,1-3H3,(H,21,23). The summed E-state index contributed by atoms with van der Waals surface area (Å²) in [5.74, 6) is 1.69. The van der Waals surface area contributed by atoms with Crippen LogP contribution in [0.1, 0.15) is 11.1 Å². The Balaban J connectivity index is 1.74. The second-order valence-electron chi connectivity index (χ2n) is 5.81. The van der Waals surface area contributed by atoms with E-state index in [-0.39, 0.29) is 6.03 Å². The monoisotopic (exact) mass is 342 g/mol. The van der Waals surface area contributed by atoms with E-state index in [0.717, 1.165) is 29.9 Å². The maximum atomic E-state index is 12.2. The van der Waals surface area contributed by atoms with Crippen molar-refractivity contribution in [1.29, 1.82) is 0 Å². The molecule has 134 valence electrons. The molecule has 0 saturated heterocycles. The number of hydrogen-bond acceptors (Lipinski definition) is 3. The maximum absolute atomic E-state index is 12.2.